The van der Waals surface area contributed by atoms with E-state index in [1.54, 1.807) is 0 Å². The molecule has 6 nitrogen and oxygen atoms in total. The third-order valence-corrected chi connectivity index (χ3v) is 3.61. The van der Waals surface area contributed by atoms with Crippen LogP contribution in [0.1, 0.15) is 25.3 Å². The molecule has 0 aliphatic carbocycles. The maximum atomic E-state index is 11.6. The van der Waals surface area contributed by atoms with E-state index in [9.17, 15) is 17.8 Å². The molecule has 0 aromatic heterocycles. The molecule has 0 N–H and O–H groups in total. The summed E-state index contributed by atoms with van der Waals surface area (Å²) in [4.78, 5) is 11.4. The molecule has 0 radical (unpaired) electrons. The second kappa shape index (κ2) is 5.10. The first-order chi connectivity index (χ1) is 8.91. The first-order valence-electron chi connectivity index (χ1n) is 5.86. The Hall–Kier alpha value is -1.73. The van der Waals surface area contributed by atoms with Crippen LogP contribution in [0.25, 0.3) is 0 Å². The van der Waals surface area contributed by atoms with E-state index in [-0.39, 0.29) is 17.2 Å². The van der Waals surface area contributed by atoms with Gasteiger partial charge in [-0.05, 0) is 24.1 Å². The molecule has 102 valence electrons. The number of hydrogen-bond donors (Lipinski definition) is 0. The molecule has 0 bridgehead atoms. The fraction of sp³-hybridized carbons (Fsp3) is 0.333. The first-order valence-corrected chi connectivity index (χ1v) is 7.27. The summed E-state index contributed by atoms with van der Waals surface area (Å²) in [6, 6.07) is 5.44. The standard InChI is InChI=1S/C12H14N2O4S/c1-2-7-14-12(15)8-11(13-14)9-3-5-10(6-4-9)19(16,17)18/h3-6H,2,7-8H2,1H3,(H,16,17,18)/p-1. The van der Waals surface area contributed by atoms with Gasteiger partial charge in [0.2, 0.25) is 5.91 Å². The molecule has 1 aliphatic rings. The summed E-state index contributed by atoms with van der Waals surface area (Å²) in [5, 5.41) is 5.60. The average molecular weight is 281 g/mol. The Morgan fingerprint density at radius 3 is 2.47 bits per heavy atom. The molecule has 19 heavy (non-hydrogen) atoms. The Kier molecular flexibility index (Phi) is 3.68. The fourth-order valence-electron chi connectivity index (χ4n) is 1.83. The zero-order valence-electron chi connectivity index (χ0n) is 10.4. The molecule has 0 spiro atoms. The fourth-order valence-corrected chi connectivity index (χ4v) is 2.30. The Morgan fingerprint density at radius 2 is 1.95 bits per heavy atom. The van der Waals surface area contributed by atoms with Crippen molar-refractivity contribution in [2.75, 3.05) is 6.54 Å². The van der Waals surface area contributed by atoms with Crippen LogP contribution in [-0.2, 0) is 14.9 Å². The van der Waals surface area contributed by atoms with Crippen LogP contribution < -0.4 is 0 Å². The summed E-state index contributed by atoms with van der Waals surface area (Å²) in [6.45, 7) is 2.52. The number of hydrogen-bond acceptors (Lipinski definition) is 5. The van der Waals surface area contributed by atoms with Crippen LogP contribution in [0.2, 0.25) is 0 Å². The lowest BCUT2D eigenvalue weighted by molar-refractivity contribution is -0.128. The van der Waals surface area contributed by atoms with Crippen LogP contribution >= 0.6 is 0 Å². The van der Waals surface area contributed by atoms with E-state index in [1.165, 1.54) is 29.3 Å². The van der Waals surface area contributed by atoms with E-state index in [2.05, 4.69) is 5.10 Å². The maximum absolute atomic E-state index is 11.6. The SMILES string of the molecule is CCCN1N=C(c2ccc(S(=O)(=O)[O-])cc2)CC1=O. The maximum Gasteiger partial charge on any atom is 0.248 e. The summed E-state index contributed by atoms with van der Waals surface area (Å²) < 4.78 is 32.4. The van der Waals surface area contributed by atoms with E-state index in [4.69, 9.17) is 0 Å². The monoisotopic (exact) mass is 281 g/mol. The van der Waals surface area contributed by atoms with Crippen LogP contribution in [0.3, 0.4) is 0 Å². The summed E-state index contributed by atoms with van der Waals surface area (Å²) in [5.74, 6) is -0.0719. The van der Waals surface area contributed by atoms with Crippen LogP contribution in [0.15, 0.2) is 34.3 Å². The highest BCUT2D eigenvalue weighted by atomic mass is 32.2. The number of benzene rings is 1. The zero-order chi connectivity index (χ0) is 14.0. The minimum Gasteiger partial charge on any atom is -0.744 e. The Balaban J connectivity index is 2.24. The number of nitrogens with zero attached hydrogens (tertiary/aromatic N) is 2. The van der Waals surface area contributed by atoms with Crippen molar-refractivity contribution in [2.24, 2.45) is 5.10 Å². The van der Waals surface area contributed by atoms with Gasteiger partial charge in [0, 0.05) is 6.54 Å². The number of rotatable bonds is 4. The summed E-state index contributed by atoms with van der Waals surface area (Å²) in [5.41, 5.74) is 1.24. The molecule has 1 aromatic rings. The number of carbonyl (C=O) groups is 1. The smallest absolute Gasteiger partial charge is 0.248 e. The second-order valence-corrected chi connectivity index (χ2v) is 5.60. The van der Waals surface area contributed by atoms with Crippen molar-refractivity contribution in [3.63, 3.8) is 0 Å². The highest BCUT2D eigenvalue weighted by Crippen LogP contribution is 2.17. The quantitative estimate of drug-likeness (QED) is 0.768. The van der Waals surface area contributed by atoms with Crippen molar-refractivity contribution in [1.29, 1.82) is 0 Å². The minimum absolute atomic E-state index is 0.0719. The lowest BCUT2D eigenvalue weighted by atomic mass is 10.1. The third-order valence-electron chi connectivity index (χ3n) is 2.76. The van der Waals surface area contributed by atoms with Crippen molar-refractivity contribution in [2.45, 2.75) is 24.7 Å². The Labute approximate surface area is 111 Å². The normalized spacial score (nSPS) is 15.8. The van der Waals surface area contributed by atoms with Gasteiger partial charge in [0.25, 0.3) is 0 Å². The summed E-state index contributed by atoms with van der Waals surface area (Å²) >= 11 is 0. The van der Waals surface area contributed by atoms with E-state index >= 15 is 0 Å². The van der Waals surface area contributed by atoms with Crippen LogP contribution in [0.4, 0.5) is 0 Å². The average Bonchev–Trinajstić information content (AvgIpc) is 2.71. The van der Waals surface area contributed by atoms with E-state index in [1.807, 2.05) is 6.92 Å². The number of hydrazone groups is 1. The van der Waals surface area contributed by atoms with Gasteiger partial charge in [-0.2, -0.15) is 5.10 Å². The first kappa shape index (κ1) is 13.7. The predicted molar refractivity (Wildman–Crippen MR) is 67.6 cm³/mol. The van der Waals surface area contributed by atoms with E-state index in [0.717, 1.165) is 6.42 Å². The van der Waals surface area contributed by atoms with Crippen LogP contribution in [-0.4, -0.2) is 36.1 Å². The molecule has 0 saturated heterocycles. The van der Waals surface area contributed by atoms with Crippen molar-refractivity contribution < 1.29 is 17.8 Å². The van der Waals surface area contributed by atoms with Gasteiger partial charge in [0.1, 0.15) is 10.1 Å². The lowest BCUT2D eigenvalue weighted by Crippen LogP contribution is -2.21. The van der Waals surface area contributed by atoms with Gasteiger partial charge in [-0.25, -0.2) is 13.4 Å². The number of amides is 1. The molecule has 2 rings (SSSR count). The van der Waals surface area contributed by atoms with Gasteiger partial charge in [0.15, 0.2) is 0 Å². The highest BCUT2D eigenvalue weighted by molar-refractivity contribution is 7.85. The molecule has 1 aliphatic heterocycles. The van der Waals surface area contributed by atoms with Crippen molar-refractivity contribution in [3.8, 4) is 0 Å². The van der Waals surface area contributed by atoms with E-state index < -0.39 is 10.1 Å². The molecule has 1 amide bonds. The van der Waals surface area contributed by atoms with Gasteiger partial charge in [-0.3, -0.25) is 4.79 Å². The molecular weight excluding hydrogens is 268 g/mol. The van der Waals surface area contributed by atoms with Crippen molar-refractivity contribution >= 4 is 21.7 Å². The van der Waals surface area contributed by atoms with Gasteiger partial charge in [-0.15, -0.1) is 0 Å². The topological polar surface area (TPSA) is 89.9 Å². The predicted octanol–water partition coefficient (Wildman–Crippen LogP) is 0.937. The van der Waals surface area contributed by atoms with Crippen LogP contribution in [0.5, 0.6) is 0 Å². The number of carbonyl (C=O) groups excluding carboxylic acids is 1. The Bertz CT molecular complexity index is 620. The minimum atomic E-state index is -4.44. The summed E-state index contributed by atoms with van der Waals surface area (Å²) in [6.07, 6.45) is 1.01. The highest BCUT2D eigenvalue weighted by Gasteiger charge is 2.23. The van der Waals surface area contributed by atoms with Gasteiger partial charge >= 0.3 is 0 Å². The molecule has 7 heteroatoms. The molecule has 1 aromatic carbocycles. The molecule has 0 atom stereocenters. The molecular formula is C12H13N2O4S-. The molecule has 1 heterocycles. The summed E-state index contributed by atoms with van der Waals surface area (Å²) in [7, 11) is -4.44. The van der Waals surface area contributed by atoms with Crippen molar-refractivity contribution in [3.05, 3.63) is 29.8 Å². The molecule has 0 saturated carbocycles. The Morgan fingerprint density at radius 1 is 1.32 bits per heavy atom. The molecule has 0 unspecified atom stereocenters. The molecule has 0 fully saturated rings. The van der Waals surface area contributed by atoms with Gasteiger partial charge in [-0.1, -0.05) is 19.1 Å². The van der Waals surface area contributed by atoms with Crippen LogP contribution in [0, 0.1) is 0 Å². The van der Waals surface area contributed by atoms with Gasteiger partial charge < -0.3 is 4.55 Å². The van der Waals surface area contributed by atoms with Gasteiger partial charge in [0.05, 0.1) is 17.0 Å². The zero-order valence-corrected chi connectivity index (χ0v) is 11.2. The van der Waals surface area contributed by atoms with E-state index in [0.29, 0.717) is 17.8 Å². The largest absolute Gasteiger partial charge is 0.744 e. The lowest BCUT2D eigenvalue weighted by Gasteiger charge is -2.08. The third kappa shape index (κ3) is 2.99. The second-order valence-electron chi connectivity index (χ2n) is 4.22. The van der Waals surface area contributed by atoms with Crippen molar-refractivity contribution in [1.82, 2.24) is 5.01 Å².